The van der Waals surface area contributed by atoms with Crippen molar-refractivity contribution in [1.29, 1.82) is 5.26 Å². The van der Waals surface area contributed by atoms with Gasteiger partial charge in [0.15, 0.2) is 11.5 Å². The molecule has 0 aliphatic heterocycles. The zero-order valence-corrected chi connectivity index (χ0v) is 17.3. The summed E-state index contributed by atoms with van der Waals surface area (Å²) >= 11 is 6.13. The lowest BCUT2D eigenvalue weighted by Gasteiger charge is -2.19. The molecule has 4 rings (SSSR count). The first-order valence-electron chi connectivity index (χ1n) is 9.32. The summed E-state index contributed by atoms with van der Waals surface area (Å²) in [7, 11) is 0. The van der Waals surface area contributed by atoms with Crippen LogP contribution in [0.5, 0.6) is 0 Å². The fraction of sp³-hybridized carbons (Fsp3) is 0.150. The second kappa shape index (κ2) is 8.24. The summed E-state index contributed by atoms with van der Waals surface area (Å²) in [5.74, 6) is -0.0311. The van der Waals surface area contributed by atoms with Gasteiger partial charge in [0.25, 0.3) is 6.43 Å². The Morgan fingerprint density at radius 1 is 1.16 bits per heavy atom. The number of alkyl halides is 2. The van der Waals surface area contributed by atoms with E-state index in [1.807, 2.05) is 36.4 Å². The molecule has 0 saturated carbocycles. The highest BCUT2D eigenvalue weighted by molar-refractivity contribution is 6.34. The standard InChI is InChI=1S/C20H16ClF2N9/c1-9(27-18-11(7-24)17(25)29-20(26)30-18)12-8-32-19(13(21)15(31-32)16(22)23)28-14(12)10-5-3-2-4-6-10/h2-6,8-9,16H,1H3,(H5,25,26,27,29,30)/t9-/m0/s1. The first kappa shape index (κ1) is 21.2. The monoisotopic (exact) mass is 455 g/mol. The number of rotatable bonds is 5. The number of nitrogens with two attached hydrogens (primary N) is 2. The molecule has 0 aliphatic rings. The van der Waals surface area contributed by atoms with Crippen molar-refractivity contribution in [3.63, 3.8) is 0 Å². The summed E-state index contributed by atoms with van der Waals surface area (Å²) in [4.78, 5) is 12.4. The predicted octanol–water partition coefficient (Wildman–Crippen LogP) is 3.99. The number of hydrogen-bond acceptors (Lipinski definition) is 8. The number of nitrogen functional groups attached to an aromatic ring is 2. The first-order chi connectivity index (χ1) is 15.3. The average molecular weight is 456 g/mol. The molecule has 3 aromatic heterocycles. The van der Waals surface area contributed by atoms with Crippen LogP contribution in [0.25, 0.3) is 16.9 Å². The lowest BCUT2D eigenvalue weighted by molar-refractivity contribution is 0.146. The highest BCUT2D eigenvalue weighted by atomic mass is 35.5. The Balaban J connectivity index is 1.88. The van der Waals surface area contributed by atoms with E-state index < -0.39 is 18.2 Å². The molecule has 12 heteroatoms. The maximum absolute atomic E-state index is 13.3. The van der Waals surface area contributed by atoms with Gasteiger partial charge in [-0.2, -0.15) is 20.3 Å². The van der Waals surface area contributed by atoms with Crippen molar-refractivity contribution in [2.45, 2.75) is 19.4 Å². The molecule has 0 amide bonds. The van der Waals surface area contributed by atoms with E-state index in [4.69, 9.17) is 23.1 Å². The molecule has 0 radical (unpaired) electrons. The van der Waals surface area contributed by atoms with E-state index >= 15 is 0 Å². The number of aromatic nitrogens is 5. The molecule has 0 fully saturated rings. The van der Waals surface area contributed by atoms with E-state index in [0.717, 1.165) is 5.56 Å². The van der Waals surface area contributed by atoms with Crippen LogP contribution in [0.3, 0.4) is 0 Å². The van der Waals surface area contributed by atoms with Crippen molar-refractivity contribution < 1.29 is 8.78 Å². The Morgan fingerprint density at radius 2 is 1.88 bits per heavy atom. The topological polar surface area (TPSA) is 144 Å². The van der Waals surface area contributed by atoms with E-state index in [-0.39, 0.29) is 33.8 Å². The van der Waals surface area contributed by atoms with E-state index in [2.05, 4.69) is 25.4 Å². The lowest BCUT2D eigenvalue weighted by atomic mass is 10.0. The summed E-state index contributed by atoms with van der Waals surface area (Å²) in [6.07, 6.45) is -1.30. The van der Waals surface area contributed by atoms with Gasteiger partial charge in [0.05, 0.1) is 11.7 Å². The summed E-state index contributed by atoms with van der Waals surface area (Å²) in [5.41, 5.74) is 12.9. The Morgan fingerprint density at radius 3 is 2.53 bits per heavy atom. The predicted molar refractivity (Wildman–Crippen MR) is 116 cm³/mol. The zero-order valence-electron chi connectivity index (χ0n) is 16.6. The third kappa shape index (κ3) is 3.72. The molecule has 4 aromatic rings. The molecule has 1 aromatic carbocycles. The molecule has 0 aliphatic carbocycles. The van der Waals surface area contributed by atoms with Crippen molar-refractivity contribution in [2.75, 3.05) is 16.8 Å². The Labute approximate surface area is 185 Å². The van der Waals surface area contributed by atoms with Gasteiger partial charge in [0.2, 0.25) is 5.95 Å². The normalized spacial score (nSPS) is 12.1. The summed E-state index contributed by atoms with van der Waals surface area (Å²) in [6.45, 7) is 1.78. The van der Waals surface area contributed by atoms with Gasteiger partial charge in [-0.05, 0) is 6.92 Å². The number of fused-ring (bicyclic) bond motifs is 1. The van der Waals surface area contributed by atoms with Crippen molar-refractivity contribution in [3.8, 4) is 17.3 Å². The number of halogens is 3. The summed E-state index contributed by atoms with van der Waals surface area (Å²) in [5, 5.41) is 16.2. The van der Waals surface area contributed by atoms with Gasteiger partial charge >= 0.3 is 0 Å². The minimum absolute atomic E-state index is 0.0310. The van der Waals surface area contributed by atoms with E-state index in [1.165, 1.54) is 4.52 Å². The van der Waals surface area contributed by atoms with Crippen LogP contribution in [-0.4, -0.2) is 24.6 Å². The maximum Gasteiger partial charge on any atom is 0.283 e. The van der Waals surface area contributed by atoms with Gasteiger partial charge in [0.1, 0.15) is 28.2 Å². The number of anilines is 3. The van der Waals surface area contributed by atoms with Crippen molar-refractivity contribution in [2.24, 2.45) is 0 Å². The molecule has 32 heavy (non-hydrogen) atoms. The fourth-order valence-corrected chi connectivity index (χ4v) is 3.50. The average Bonchev–Trinajstić information content (AvgIpc) is 3.09. The smallest absolute Gasteiger partial charge is 0.283 e. The largest absolute Gasteiger partial charge is 0.382 e. The van der Waals surface area contributed by atoms with E-state index in [9.17, 15) is 14.0 Å². The van der Waals surface area contributed by atoms with Gasteiger partial charge in [-0.1, -0.05) is 41.9 Å². The summed E-state index contributed by atoms with van der Waals surface area (Å²) < 4.78 is 27.9. The second-order valence-electron chi connectivity index (χ2n) is 6.85. The van der Waals surface area contributed by atoms with Crippen LogP contribution in [0.1, 0.15) is 36.2 Å². The molecule has 0 spiro atoms. The van der Waals surface area contributed by atoms with Crippen LogP contribution < -0.4 is 16.8 Å². The van der Waals surface area contributed by atoms with Gasteiger partial charge in [0, 0.05) is 17.3 Å². The van der Waals surface area contributed by atoms with Gasteiger partial charge < -0.3 is 16.8 Å². The summed E-state index contributed by atoms with van der Waals surface area (Å²) in [6, 6.07) is 10.6. The van der Waals surface area contributed by atoms with Gasteiger partial charge in [-0.15, -0.1) is 0 Å². The quantitative estimate of drug-likeness (QED) is 0.409. The highest BCUT2D eigenvalue weighted by Gasteiger charge is 2.24. The molecule has 5 N–H and O–H groups in total. The number of nitrogens with zero attached hydrogens (tertiary/aromatic N) is 6. The number of hydrogen-bond donors (Lipinski definition) is 3. The molecular formula is C20H16ClF2N9. The van der Waals surface area contributed by atoms with Gasteiger partial charge in [-0.3, -0.25) is 0 Å². The molecule has 0 bridgehead atoms. The maximum atomic E-state index is 13.3. The van der Waals surface area contributed by atoms with E-state index in [1.54, 1.807) is 13.1 Å². The first-order valence-corrected chi connectivity index (χ1v) is 9.69. The SMILES string of the molecule is C[C@H](Nc1nc(N)nc(N)c1C#N)c1cn2nc(C(F)F)c(Cl)c2nc1-c1ccccc1. The van der Waals surface area contributed by atoms with Crippen molar-refractivity contribution >= 4 is 34.8 Å². The van der Waals surface area contributed by atoms with Crippen LogP contribution >= 0.6 is 11.6 Å². The molecule has 0 saturated heterocycles. The van der Waals surface area contributed by atoms with Crippen LogP contribution in [0.15, 0.2) is 36.5 Å². The Hall–Kier alpha value is -4.04. The number of benzene rings is 1. The van der Waals surface area contributed by atoms with Crippen LogP contribution in [0.4, 0.5) is 26.4 Å². The van der Waals surface area contributed by atoms with Crippen LogP contribution in [-0.2, 0) is 0 Å². The second-order valence-corrected chi connectivity index (χ2v) is 7.23. The third-order valence-electron chi connectivity index (χ3n) is 4.75. The minimum Gasteiger partial charge on any atom is -0.382 e. The molecule has 0 unspecified atom stereocenters. The molecular weight excluding hydrogens is 440 g/mol. The fourth-order valence-electron chi connectivity index (χ4n) is 3.25. The van der Waals surface area contributed by atoms with E-state index in [0.29, 0.717) is 11.3 Å². The Kier molecular flexibility index (Phi) is 5.46. The molecule has 3 heterocycles. The van der Waals surface area contributed by atoms with Crippen molar-refractivity contribution in [3.05, 3.63) is 58.4 Å². The zero-order chi connectivity index (χ0) is 23.0. The molecule has 1 atom stereocenters. The molecule has 9 nitrogen and oxygen atoms in total. The molecule has 162 valence electrons. The van der Waals surface area contributed by atoms with Crippen LogP contribution in [0, 0.1) is 11.3 Å². The third-order valence-corrected chi connectivity index (χ3v) is 5.11. The highest BCUT2D eigenvalue weighted by Crippen LogP contribution is 2.34. The van der Waals surface area contributed by atoms with Crippen LogP contribution in [0.2, 0.25) is 5.02 Å². The van der Waals surface area contributed by atoms with Gasteiger partial charge in [-0.25, -0.2) is 18.3 Å². The minimum atomic E-state index is -2.85. The van der Waals surface area contributed by atoms with Crippen molar-refractivity contribution in [1.82, 2.24) is 24.6 Å². The lowest BCUT2D eigenvalue weighted by Crippen LogP contribution is -2.15. The Bertz CT molecular complexity index is 1350. The number of nitrogens with one attached hydrogen (secondary N) is 1. The number of nitriles is 1.